The zero-order valence-corrected chi connectivity index (χ0v) is 19.6. The summed E-state index contributed by atoms with van der Waals surface area (Å²) in [4.78, 5) is 26.1. The van der Waals surface area contributed by atoms with Crippen LogP contribution in [0.5, 0.6) is 0 Å². The number of carbonyl (C=O) groups is 2. The maximum Gasteiger partial charge on any atom is 0.235 e. The topological polar surface area (TPSA) is 79.3 Å². The van der Waals surface area contributed by atoms with Gasteiger partial charge in [-0.25, -0.2) is 4.39 Å². The Morgan fingerprint density at radius 2 is 1.97 bits per heavy atom. The van der Waals surface area contributed by atoms with Crippen LogP contribution in [0, 0.1) is 11.8 Å². The van der Waals surface area contributed by atoms with Crippen LogP contribution in [-0.4, -0.2) is 53.4 Å². The number of fused-ring (bicyclic) bond motifs is 1. The molecule has 3 saturated heterocycles. The molecule has 8 heteroatoms. The van der Waals surface area contributed by atoms with E-state index in [-0.39, 0.29) is 17.7 Å². The Morgan fingerprint density at radius 3 is 2.70 bits per heavy atom. The molecule has 2 aromatic rings. The number of amides is 2. The molecule has 3 atom stereocenters. The van der Waals surface area contributed by atoms with Gasteiger partial charge in [0.1, 0.15) is 5.67 Å². The van der Waals surface area contributed by atoms with Gasteiger partial charge < -0.3 is 10.2 Å². The number of benzene rings is 1. The number of aryl methyl sites for hydroxylation is 1. The van der Waals surface area contributed by atoms with E-state index in [4.69, 9.17) is 0 Å². The van der Waals surface area contributed by atoms with Crippen molar-refractivity contribution in [1.29, 1.82) is 0 Å². The number of halogens is 1. The summed E-state index contributed by atoms with van der Waals surface area (Å²) in [6.45, 7) is 5.12. The summed E-state index contributed by atoms with van der Waals surface area (Å²) in [5.41, 5.74) is 1.40. The molecule has 2 amide bonds. The normalized spacial score (nSPS) is 29.5. The predicted molar refractivity (Wildman–Crippen MR) is 126 cm³/mol. The first kappa shape index (κ1) is 22.3. The van der Waals surface area contributed by atoms with Crippen molar-refractivity contribution in [2.45, 2.75) is 57.0 Å². The second kappa shape index (κ2) is 8.70. The lowest BCUT2D eigenvalue weighted by Gasteiger charge is -2.44. The molecule has 5 rings (SSSR count). The molecular formula is C25H34FN5O2. The van der Waals surface area contributed by atoms with Crippen molar-refractivity contribution in [3.8, 4) is 0 Å². The summed E-state index contributed by atoms with van der Waals surface area (Å²) in [6.07, 6.45) is 4.96. The number of alkyl halides is 1. The standard InChI is InChI=1S/C25H34FN5O2/c1-25(26)15-31(12-9-17(25)13-16-7-10-27-11-8-16)18-3-4-19-21(14-18)30(2)29-23(19)20-5-6-22(32)28-24(20)33/h3-4,14,16-17,20,27H,5-13,15H2,1-2H3,(H,28,32,33)/t17-,20?,25-/m1/s1. The quantitative estimate of drug-likeness (QED) is 0.693. The number of hydrogen-bond acceptors (Lipinski definition) is 5. The van der Waals surface area contributed by atoms with E-state index in [1.165, 1.54) is 0 Å². The van der Waals surface area contributed by atoms with Crippen LogP contribution in [0.4, 0.5) is 10.1 Å². The van der Waals surface area contributed by atoms with Gasteiger partial charge in [0.2, 0.25) is 11.8 Å². The van der Waals surface area contributed by atoms with Gasteiger partial charge >= 0.3 is 0 Å². The van der Waals surface area contributed by atoms with Gasteiger partial charge in [-0.3, -0.25) is 19.6 Å². The van der Waals surface area contributed by atoms with Crippen LogP contribution in [0.25, 0.3) is 10.9 Å². The second-order valence-corrected chi connectivity index (χ2v) is 10.3. The van der Waals surface area contributed by atoms with E-state index < -0.39 is 11.6 Å². The fraction of sp³-hybridized carbons (Fsp3) is 0.640. The molecule has 33 heavy (non-hydrogen) atoms. The van der Waals surface area contributed by atoms with Gasteiger partial charge in [-0.05, 0) is 82.2 Å². The first-order valence-corrected chi connectivity index (χ1v) is 12.3. The summed E-state index contributed by atoms with van der Waals surface area (Å²) in [5, 5.41) is 11.4. The van der Waals surface area contributed by atoms with E-state index in [2.05, 4.69) is 26.7 Å². The average Bonchev–Trinajstić information content (AvgIpc) is 3.11. The van der Waals surface area contributed by atoms with E-state index in [1.54, 1.807) is 11.6 Å². The molecule has 1 aromatic heterocycles. The van der Waals surface area contributed by atoms with Gasteiger partial charge in [0.15, 0.2) is 0 Å². The number of piperidine rings is 3. The number of nitrogens with one attached hydrogen (secondary N) is 2. The predicted octanol–water partition coefficient (Wildman–Crippen LogP) is 3.04. The van der Waals surface area contributed by atoms with E-state index in [0.717, 1.165) is 61.9 Å². The molecule has 0 spiro atoms. The summed E-state index contributed by atoms with van der Waals surface area (Å²) in [6, 6.07) is 6.07. The lowest BCUT2D eigenvalue weighted by atomic mass is 9.76. The summed E-state index contributed by atoms with van der Waals surface area (Å²) < 4.78 is 17.6. The second-order valence-electron chi connectivity index (χ2n) is 10.3. The monoisotopic (exact) mass is 455 g/mol. The van der Waals surface area contributed by atoms with Crippen molar-refractivity contribution in [3.05, 3.63) is 23.9 Å². The van der Waals surface area contributed by atoms with Crippen LogP contribution in [0.2, 0.25) is 0 Å². The van der Waals surface area contributed by atoms with E-state index in [1.807, 2.05) is 19.2 Å². The molecule has 3 aliphatic heterocycles. The van der Waals surface area contributed by atoms with Crippen molar-refractivity contribution >= 4 is 28.4 Å². The lowest BCUT2D eigenvalue weighted by Crippen LogP contribution is -2.50. The number of carbonyl (C=O) groups excluding carboxylic acids is 2. The summed E-state index contributed by atoms with van der Waals surface area (Å²) in [5.74, 6) is -0.182. The van der Waals surface area contributed by atoms with Crippen molar-refractivity contribution in [2.24, 2.45) is 18.9 Å². The molecule has 0 saturated carbocycles. The molecule has 7 nitrogen and oxygen atoms in total. The Morgan fingerprint density at radius 1 is 1.18 bits per heavy atom. The fourth-order valence-electron chi connectivity index (χ4n) is 5.98. The number of anilines is 1. The van der Waals surface area contributed by atoms with Gasteiger partial charge in [0.25, 0.3) is 0 Å². The Kier molecular flexibility index (Phi) is 5.89. The highest BCUT2D eigenvalue weighted by atomic mass is 19.1. The van der Waals surface area contributed by atoms with Crippen molar-refractivity contribution in [3.63, 3.8) is 0 Å². The maximum absolute atomic E-state index is 15.8. The summed E-state index contributed by atoms with van der Waals surface area (Å²) in [7, 11) is 1.87. The molecule has 2 N–H and O–H groups in total. The molecule has 0 bridgehead atoms. The van der Waals surface area contributed by atoms with Crippen LogP contribution in [0.1, 0.15) is 57.1 Å². The van der Waals surface area contributed by atoms with Crippen LogP contribution >= 0.6 is 0 Å². The average molecular weight is 456 g/mol. The van der Waals surface area contributed by atoms with Crippen LogP contribution in [0.3, 0.4) is 0 Å². The third-order valence-electron chi connectivity index (χ3n) is 7.97. The Bertz CT molecular complexity index is 1060. The van der Waals surface area contributed by atoms with E-state index in [0.29, 0.717) is 31.0 Å². The SMILES string of the molecule is Cn1nc(C2CCC(=O)NC2=O)c2ccc(N3CC[C@H](CC4CCNCC4)[C@](C)(F)C3)cc21. The third-order valence-corrected chi connectivity index (χ3v) is 7.97. The van der Waals surface area contributed by atoms with Crippen LogP contribution in [-0.2, 0) is 16.6 Å². The highest BCUT2D eigenvalue weighted by Gasteiger charge is 2.41. The first-order valence-electron chi connectivity index (χ1n) is 12.3. The minimum absolute atomic E-state index is 0.108. The first-order chi connectivity index (χ1) is 15.8. The number of aromatic nitrogens is 2. The van der Waals surface area contributed by atoms with Crippen molar-refractivity contribution < 1.29 is 14.0 Å². The van der Waals surface area contributed by atoms with Gasteiger partial charge in [0, 0.05) is 31.1 Å². The van der Waals surface area contributed by atoms with E-state index >= 15 is 4.39 Å². The van der Waals surface area contributed by atoms with Gasteiger partial charge in [0.05, 0.1) is 23.7 Å². The van der Waals surface area contributed by atoms with Gasteiger partial charge in [-0.1, -0.05) is 0 Å². The van der Waals surface area contributed by atoms with Crippen molar-refractivity contribution in [2.75, 3.05) is 31.1 Å². The lowest BCUT2D eigenvalue weighted by molar-refractivity contribution is -0.134. The highest BCUT2D eigenvalue weighted by molar-refractivity contribution is 6.02. The Balaban J connectivity index is 1.34. The minimum atomic E-state index is -1.22. The molecular weight excluding hydrogens is 421 g/mol. The summed E-state index contributed by atoms with van der Waals surface area (Å²) >= 11 is 0. The minimum Gasteiger partial charge on any atom is -0.368 e. The molecule has 1 unspecified atom stereocenters. The van der Waals surface area contributed by atoms with Crippen LogP contribution < -0.4 is 15.5 Å². The van der Waals surface area contributed by atoms with Gasteiger partial charge in [-0.15, -0.1) is 0 Å². The molecule has 3 fully saturated rings. The number of nitrogens with zero attached hydrogens (tertiary/aromatic N) is 3. The molecule has 178 valence electrons. The molecule has 0 radical (unpaired) electrons. The largest absolute Gasteiger partial charge is 0.368 e. The zero-order valence-electron chi connectivity index (χ0n) is 19.6. The molecule has 0 aliphatic carbocycles. The van der Waals surface area contributed by atoms with Gasteiger partial charge in [-0.2, -0.15) is 5.10 Å². The Labute approximate surface area is 194 Å². The Hall–Kier alpha value is -2.48. The number of imide groups is 1. The van der Waals surface area contributed by atoms with E-state index in [9.17, 15) is 9.59 Å². The number of hydrogen-bond donors (Lipinski definition) is 2. The fourth-order valence-corrected chi connectivity index (χ4v) is 5.98. The smallest absolute Gasteiger partial charge is 0.235 e. The van der Waals surface area contributed by atoms with Crippen LogP contribution in [0.15, 0.2) is 18.2 Å². The maximum atomic E-state index is 15.8. The highest BCUT2D eigenvalue weighted by Crippen LogP contribution is 2.40. The molecule has 4 heterocycles. The molecule has 1 aromatic carbocycles. The third kappa shape index (κ3) is 4.37. The molecule has 3 aliphatic rings. The van der Waals surface area contributed by atoms with Crippen molar-refractivity contribution in [1.82, 2.24) is 20.4 Å². The zero-order chi connectivity index (χ0) is 23.2. The number of rotatable bonds is 4.